The molecule has 5 nitrogen and oxygen atoms in total. The number of hydrogen-bond donors (Lipinski definition) is 1. The number of aromatic nitrogens is 1. The molecule has 0 bridgehead atoms. The van der Waals surface area contributed by atoms with Crippen LogP contribution in [0.4, 0.5) is 4.39 Å². The van der Waals surface area contributed by atoms with Crippen LogP contribution in [0, 0.1) is 5.82 Å². The molecule has 7 heteroatoms. The van der Waals surface area contributed by atoms with Crippen LogP contribution in [-0.2, 0) is 4.79 Å². The van der Waals surface area contributed by atoms with Crippen LogP contribution in [0.5, 0.6) is 5.75 Å². The zero-order valence-corrected chi connectivity index (χ0v) is 18.8. The predicted octanol–water partition coefficient (Wildman–Crippen LogP) is 5.04. The van der Waals surface area contributed by atoms with Crippen LogP contribution >= 0.6 is 11.6 Å². The van der Waals surface area contributed by atoms with Crippen molar-refractivity contribution in [2.75, 3.05) is 26.7 Å². The third-order valence-corrected chi connectivity index (χ3v) is 6.02. The monoisotopic (exact) mass is 453 g/mol. The Balaban J connectivity index is 1.73. The fraction of sp³-hybridized carbons (Fsp3) is 0.240. The molecule has 1 aliphatic rings. The van der Waals surface area contributed by atoms with E-state index in [0.29, 0.717) is 30.5 Å². The summed E-state index contributed by atoms with van der Waals surface area (Å²) in [5, 5.41) is 4.31. The van der Waals surface area contributed by atoms with Crippen molar-refractivity contribution in [3.63, 3.8) is 0 Å². The fourth-order valence-electron chi connectivity index (χ4n) is 4.08. The minimum Gasteiger partial charge on any atom is -0.490 e. The Labute approximate surface area is 191 Å². The first kappa shape index (κ1) is 22.1. The first-order valence-corrected chi connectivity index (χ1v) is 10.8. The lowest BCUT2D eigenvalue weighted by Crippen LogP contribution is -2.30. The van der Waals surface area contributed by atoms with Gasteiger partial charge in [0.05, 0.1) is 10.5 Å². The van der Waals surface area contributed by atoms with Crippen molar-refractivity contribution in [1.29, 1.82) is 0 Å². The topological polar surface area (TPSA) is 46.5 Å². The fourth-order valence-corrected chi connectivity index (χ4v) is 4.36. The first-order valence-electron chi connectivity index (χ1n) is 10.5. The van der Waals surface area contributed by atoms with Crippen molar-refractivity contribution in [3.8, 4) is 11.4 Å². The Morgan fingerprint density at radius 2 is 2.16 bits per heavy atom. The van der Waals surface area contributed by atoms with Crippen molar-refractivity contribution in [1.82, 2.24) is 14.8 Å². The van der Waals surface area contributed by atoms with Crippen molar-refractivity contribution in [2.24, 2.45) is 0 Å². The van der Waals surface area contributed by atoms with Gasteiger partial charge in [-0.15, -0.1) is 0 Å². The zero-order valence-electron chi connectivity index (χ0n) is 18.0. The van der Waals surface area contributed by atoms with Gasteiger partial charge in [-0.05, 0) is 67.2 Å². The number of nitrogens with one attached hydrogen (secondary N) is 1. The van der Waals surface area contributed by atoms with Gasteiger partial charge in [-0.3, -0.25) is 9.69 Å². The lowest BCUT2D eigenvalue weighted by atomic mass is 10.0. The molecule has 0 radical (unpaired) electrons. The van der Waals surface area contributed by atoms with E-state index < -0.39 is 0 Å². The van der Waals surface area contributed by atoms with Gasteiger partial charge < -0.3 is 14.6 Å². The van der Waals surface area contributed by atoms with E-state index in [4.69, 9.17) is 16.3 Å². The molecule has 0 aliphatic carbocycles. The van der Waals surface area contributed by atoms with Gasteiger partial charge in [0, 0.05) is 49.0 Å². The highest BCUT2D eigenvalue weighted by Gasteiger charge is 2.26. The van der Waals surface area contributed by atoms with Crippen LogP contribution < -0.4 is 10.1 Å². The standard InChI is InChI=1S/C25H25ClFN3O2/c1-17-22-14-21(30-9-6-19-13-20(27)3-4-24(19)30)15-23(26)25(22)32-12-10-29(17)16-18(7-11-31)5-8-28-2/h3-9,11,13-15,17,28H,10,12,16H2,1-2H3/b8-5-,18-7+. The number of rotatable bonds is 6. The van der Waals surface area contributed by atoms with E-state index >= 15 is 0 Å². The van der Waals surface area contributed by atoms with Crippen LogP contribution in [-0.4, -0.2) is 42.5 Å². The molecule has 1 aliphatic heterocycles. The summed E-state index contributed by atoms with van der Waals surface area (Å²) in [6, 6.07) is 10.6. The molecule has 166 valence electrons. The second-order valence-electron chi connectivity index (χ2n) is 7.73. The van der Waals surface area contributed by atoms with E-state index in [-0.39, 0.29) is 11.9 Å². The van der Waals surface area contributed by atoms with Gasteiger partial charge in [0.1, 0.15) is 24.5 Å². The summed E-state index contributed by atoms with van der Waals surface area (Å²) >= 11 is 6.66. The highest BCUT2D eigenvalue weighted by molar-refractivity contribution is 6.32. The molecule has 1 aromatic heterocycles. The predicted molar refractivity (Wildman–Crippen MR) is 126 cm³/mol. The lowest BCUT2D eigenvalue weighted by Gasteiger charge is -2.27. The summed E-state index contributed by atoms with van der Waals surface area (Å²) in [4.78, 5) is 13.4. The third kappa shape index (κ3) is 4.42. The number of halogens is 2. The molecule has 2 aromatic carbocycles. The largest absolute Gasteiger partial charge is 0.490 e. The van der Waals surface area contributed by atoms with Crippen molar-refractivity contribution >= 4 is 28.8 Å². The van der Waals surface area contributed by atoms with Crippen LogP contribution in [0.1, 0.15) is 18.5 Å². The molecule has 0 saturated carbocycles. The zero-order chi connectivity index (χ0) is 22.7. The Kier molecular flexibility index (Phi) is 6.63. The summed E-state index contributed by atoms with van der Waals surface area (Å²) in [7, 11) is 1.82. The highest BCUT2D eigenvalue weighted by atomic mass is 35.5. The molecule has 1 atom stereocenters. The maximum atomic E-state index is 13.6. The number of benzene rings is 2. The van der Waals surface area contributed by atoms with E-state index in [1.165, 1.54) is 12.1 Å². The van der Waals surface area contributed by atoms with E-state index in [9.17, 15) is 9.18 Å². The molecule has 2 heterocycles. The van der Waals surface area contributed by atoms with Crippen LogP contribution in [0.3, 0.4) is 0 Å². The van der Waals surface area contributed by atoms with Gasteiger partial charge in [-0.1, -0.05) is 11.6 Å². The van der Waals surface area contributed by atoms with Crippen LogP contribution in [0.2, 0.25) is 5.02 Å². The number of nitrogens with zero attached hydrogens (tertiary/aromatic N) is 2. The normalized spacial score (nSPS) is 17.2. The number of fused-ring (bicyclic) bond motifs is 2. The quantitative estimate of drug-likeness (QED) is 0.323. The Morgan fingerprint density at radius 1 is 1.31 bits per heavy atom. The molecule has 32 heavy (non-hydrogen) atoms. The molecule has 3 aromatic rings. The number of ether oxygens (including phenoxy) is 1. The second kappa shape index (κ2) is 9.59. The summed E-state index contributed by atoms with van der Waals surface area (Å²) in [6.07, 6.45) is 7.98. The average Bonchev–Trinajstić information content (AvgIpc) is 3.12. The van der Waals surface area contributed by atoms with Crippen LogP contribution in [0.25, 0.3) is 16.6 Å². The third-order valence-electron chi connectivity index (χ3n) is 5.74. The molecule has 4 rings (SSSR count). The van der Waals surface area contributed by atoms with Crippen molar-refractivity contribution < 1.29 is 13.9 Å². The summed E-state index contributed by atoms with van der Waals surface area (Å²) < 4.78 is 21.6. The van der Waals surface area contributed by atoms with Crippen LogP contribution in [0.15, 0.2) is 66.5 Å². The molecule has 1 N–H and O–H groups in total. The van der Waals surface area contributed by atoms with Gasteiger partial charge in [-0.2, -0.15) is 0 Å². The number of allylic oxidation sites excluding steroid dienone is 1. The smallest absolute Gasteiger partial charge is 0.143 e. The maximum absolute atomic E-state index is 13.6. The molecule has 0 amide bonds. The number of aldehydes is 1. The molecule has 0 saturated heterocycles. The molecule has 1 unspecified atom stereocenters. The number of carbonyl (C=O) groups excluding carboxylic acids is 1. The van der Waals surface area contributed by atoms with Crippen molar-refractivity contribution in [3.05, 3.63) is 82.9 Å². The van der Waals surface area contributed by atoms with E-state index in [1.54, 1.807) is 18.3 Å². The number of hydrogen-bond acceptors (Lipinski definition) is 4. The maximum Gasteiger partial charge on any atom is 0.143 e. The summed E-state index contributed by atoms with van der Waals surface area (Å²) in [5.41, 5.74) is 3.64. The summed E-state index contributed by atoms with van der Waals surface area (Å²) in [6.45, 7) is 3.88. The minimum atomic E-state index is -0.264. The highest BCUT2D eigenvalue weighted by Crippen LogP contribution is 2.40. The SMILES string of the molecule is CN/C=C\C(=C/C=O)CN1CCOc2c(Cl)cc(-n3ccc4cc(F)ccc43)cc2C1C. The Hall–Kier alpha value is -3.09. The molecular weight excluding hydrogens is 429 g/mol. The minimum absolute atomic E-state index is 0.00209. The molecule has 0 spiro atoms. The summed E-state index contributed by atoms with van der Waals surface area (Å²) in [5.74, 6) is 0.416. The second-order valence-corrected chi connectivity index (χ2v) is 8.14. The number of carbonyl (C=O) groups is 1. The van der Waals surface area contributed by atoms with E-state index in [1.807, 2.05) is 36.0 Å². The van der Waals surface area contributed by atoms with Gasteiger partial charge in [0.2, 0.25) is 0 Å². The average molecular weight is 454 g/mol. The lowest BCUT2D eigenvalue weighted by molar-refractivity contribution is -0.104. The molecular formula is C25H25ClFN3O2. The van der Waals surface area contributed by atoms with E-state index in [0.717, 1.165) is 34.0 Å². The van der Waals surface area contributed by atoms with Gasteiger partial charge in [0.15, 0.2) is 0 Å². The Morgan fingerprint density at radius 3 is 2.94 bits per heavy atom. The first-order chi connectivity index (χ1) is 15.5. The van der Waals surface area contributed by atoms with Gasteiger partial charge >= 0.3 is 0 Å². The van der Waals surface area contributed by atoms with Gasteiger partial charge in [-0.25, -0.2) is 4.39 Å². The van der Waals surface area contributed by atoms with Gasteiger partial charge in [0.25, 0.3) is 0 Å². The Bertz CT molecular complexity index is 1200. The van der Waals surface area contributed by atoms with Crippen molar-refractivity contribution in [2.45, 2.75) is 13.0 Å². The molecule has 0 fully saturated rings. The van der Waals surface area contributed by atoms with E-state index in [2.05, 4.69) is 23.2 Å².